The Balaban J connectivity index is 2.89. The van der Waals surface area contributed by atoms with Crippen molar-refractivity contribution in [2.75, 3.05) is 0 Å². The molecule has 3 nitrogen and oxygen atoms in total. The van der Waals surface area contributed by atoms with Gasteiger partial charge < -0.3 is 5.73 Å². The molecule has 0 aliphatic heterocycles. The van der Waals surface area contributed by atoms with Crippen LogP contribution in [0.2, 0.25) is 0 Å². The molecule has 0 fully saturated rings. The molecule has 1 aromatic heterocycles. The van der Waals surface area contributed by atoms with E-state index in [-0.39, 0.29) is 12.5 Å². The van der Waals surface area contributed by atoms with E-state index >= 15 is 0 Å². The van der Waals surface area contributed by atoms with Crippen LogP contribution in [-0.4, -0.2) is 16.0 Å². The van der Waals surface area contributed by atoms with Crippen LogP contribution in [0.15, 0.2) is 0 Å². The van der Waals surface area contributed by atoms with Crippen LogP contribution in [0.1, 0.15) is 56.6 Å². The van der Waals surface area contributed by atoms with Gasteiger partial charge in [0.25, 0.3) is 0 Å². The highest BCUT2D eigenvalue weighted by Gasteiger charge is 2.26. The molecule has 0 spiro atoms. The quantitative estimate of drug-likeness (QED) is 0.866. The van der Waals surface area contributed by atoms with E-state index in [1.807, 2.05) is 20.8 Å². The molecule has 0 saturated heterocycles. The van der Waals surface area contributed by atoms with Crippen molar-refractivity contribution < 1.29 is 13.2 Å². The van der Waals surface area contributed by atoms with Gasteiger partial charge in [0.15, 0.2) is 0 Å². The summed E-state index contributed by atoms with van der Waals surface area (Å²) in [6, 6.07) is -0.138. The van der Waals surface area contributed by atoms with E-state index in [0.29, 0.717) is 6.54 Å². The lowest BCUT2D eigenvalue weighted by Crippen LogP contribution is -2.13. The summed E-state index contributed by atoms with van der Waals surface area (Å²) in [4.78, 5) is 0. The van der Waals surface area contributed by atoms with Crippen molar-refractivity contribution in [2.45, 2.75) is 65.2 Å². The molecular formula is C13H22F3N3. The molecule has 2 N–H and O–H groups in total. The van der Waals surface area contributed by atoms with Gasteiger partial charge in [-0.05, 0) is 26.2 Å². The zero-order chi connectivity index (χ0) is 14.6. The van der Waals surface area contributed by atoms with Crippen LogP contribution in [0.3, 0.4) is 0 Å². The summed E-state index contributed by atoms with van der Waals surface area (Å²) in [5.41, 5.74) is 8.81. The van der Waals surface area contributed by atoms with Crippen molar-refractivity contribution in [3.63, 3.8) is 0 Å². The van der Waals surface area contributed by atoms with E-state index in [0.717, 1.165) is 29.8 Å². The Labute approximate surface area is 112 Å². The Morgan fingerprint density at radius 2 is 1.89 bits per heavy atom. The van der Waals surface area contributed by atoms with Crippen LogP contribution in [0.25, 0.3) is 0 Å². The first-order valence-corrected chi connectivity index (χ1v) is 6.70. The van der Waals surface area contributed by atoms with Gasteiger partial charge in [0.1, 0.15) is 0 Å². The molecule has 1 rings (SSSR count). The normalized spacial score (nSPS) is 13.8. The fourth-order valence-electron chi connectivity index (χ4n) is 2.34. The third-order valence-corrected chi connectivity index (χ3v) is 3.13. The molecule has 1 aromatic rings. The average Bonchev–Trinajstić information content (AvgIpc) is 2.65. The maximum atomic E-state index is 12.2. The topological polar surface area (TPSA) is 43.8 Å². The van der Waals surface area contributed by atoms with Crippen molar-refractivity contribution in [3.05, 3.63) is 17.0 Å². The van der Waals surface area contributed by atoms with E-state index in [1.54, 1.807) is 4.68 Å². The van der Waals surface area contributed by atoms with Crippen molar-refractivity contribution in [3.8, 4) is 0 Å². The van der Waals surface area contributed by atoms with Crippen molar-refractivity contribution in [1.29, 1.82) is 0 Å². The van der Waals surface area contributed by atoms with Gasteiger partial charge in [0.05, 0.1) is 5.69 Å². The fourth-order valence-corrected chi connectivity index (χ4v) is 2.34. The summed E-state index contributed by atoms with van der Waals surface area (Å²) in [5, 5.41) is 4.41. The number of nitrogens with two attached hydrogens (primary N) is 1. The Kier molecular flexibility index (Phi) is 5.40. The number of aryl methyl sites for hydroxylation is 2. The highest BCUT2D eigenvalue weighted by atomic mass is 19.4. The van der Waals surface area contributed by atoms with E-state index < -0.39 is 12.6 Å². The molecule has 1 unspecified atom stereocenters. The SMILES string of the molecule is CCc1nn(CCCC(F)(F)F)c(CC)c1C(C)N. The van der Waals surface area contributed by atoms with Gasteiger partial charge >= 0.3 is 6.18 Å². The van der Waals surface area contributed by atoms with Crippen molar-refractivity contribution in [2.24, 2.45) is 5.73 Å². The summed E-state index contributed by atoms with van der Waals surface area (Å²) in [7, 11) is 0. The van der Waals surface area contributed by atoms with E-state index in [4.69, 9.17) is 5.73 Å². The summed E-state index contributed by atoms with van der Waals surface area (Å²) in [6.45, 7) is 6.13. The zero-order valence-electron chi connectivity index (χ0n) is 11.7. The van der Waals surface area contributed by atoms with Gasteiger partial charge in [0.2, 0.25) is 0 Å². The molecule has 0 aromatic carbocycles. The number of hydrogen-bond donors (Lipinski definition) is 1. The maximum absolute atomic E-state index is 12.2. The highest BCUT2D eigenvalue weighted by Crippen LogP contribution is 2.25. The van der Waals surface area contributed by atoms with Gasteiger partial charge in [-0.2, -0.15) is 18.3 Å². The van der Waals surface area contributed by atoms with Crippen LogP contribution in [0, 0.1) is 0 Å². The molecule has 0 radical (unpaired) electrons. The minimum absolute atomic E-state index is 0.0553. The predicted octanol–water partition coefficient (Wildman–Crippen LogP) is 3.37. The molecule has 6 heteroatoms. The third kappa shape index (κ3) is 4.23. The van der Waals surface area contributed by atoms with E-state index in [2.05, 4.69) is 5.10 Å². The van der Waals surface area contributed by atoms with Gasteiger partial charge in [-0.1, -0.05) is 13.8 Å². The monoisotopic (exact) mass is 277 g/mol. The fraction of sp³-hybridized carbons (Fsp3) is 0.769. The lowest BCUT2D eigenvalue weighted by Gasteiger charge is -2.11. The van der Waals surface area contributed by atoms with Crippen LogP contribution in [0.5, 0.6) is 0 Å². The Morgan fingerprint density at radius 3 is 2.32 bits per heavy atom. The van der Waals surface area contributed by atoms with Gasteiger partial charge in [-0.3, -0.25) is 4.68 Å². The van der Waals surface area contributed by atoms with Gasteiger partial charge in [0, 0.05) is 30.3 Å². The molecule has 1 heterocycles. The third-order valence-electron chi connectivity index (χ3n) is 3.13. The standard InChI is InChI=1S/C13H22F3N3/c1-4-10-12(9(3)17)11(5-2)19(18-10)8-6-7-13(14,15)16/h9H,4-8,17H2,1-3H3. The van der Waals surface area contributed by atoms with Gasteiger partial charge in [-0.25, -0.2) is 0 Å². The lowest BCUT2D eigenvalue weighted by molar-refractivity contribution is -0.136. The predicted molar refractivity (Wildman–Crippen MR) is 68.9 cm³/mol. The summed E-state index contributed by atoms with van der Waals surface area (Å²) in [5.74, 6) is 0. The summed E-state index contributed by atoms with van der Waals surface area (Å²) < 4.78 is 38.2. The number of aromatic nitrogens is 2. The minimum Gasteiger partial charge on any atom is -0.324 e. The minimum atomic E-state index is -4.10. The summed E-state index contributed by atoms with van der Waals surface area (Å²) >= 11 is 0. The van der Waals surface area contributed by atoms with Crippen LogP contribution in [0.4, 0.5) is 13.2 Å². The lowest BCUT2D eigenvalue weighted by atomic mass is 10.0. The number of nitrogens with zero attached hydrogens (tertiary/aromatic N) is 2. The zero-order valence-corrected chi connectivity index (χ0v) is 11.7. The number of alkyl halides is 3. The number of hydrogen-bond acceptors (Lipinski definition) is 2. The molecule has 0 aliphatic carbocycles. The van der Waals surface area contributed by atoms with Crippen LogP contribution in [-0.2, 0) is 19.4 Å². The molecule has 110 valence electrons. The molecule has 1 atom stereocenters. The van der Waals surface area contributed by atoms with Gasteiger partial charge in [-0.15, -0.1) is 0 Å². The largest absolute Gasteiger partial charge is 0.389 e. The number of rotatable bonds is 6. The van der Waals surface area contributed by atoms with Crippen LogP contribution < -0.4 is 5.73 Å². The van der Waals surface area contributed by atoms with E-state index in [1.165, 1.54) is 0 Å². The second kappa shape index (κ2) is 6.41. The smallest absolute Gasteiger partial charge is 0.324 e. The number of halogens is 3. The second-order valence-electron chi connectivity index (χ2n) is 4.74. The molecule has 0 saturated carbocycles. The molecule has 19 heavy (non-hydrogen) atoms. The van der Waals surface area contributed by atoms with Crippen LogP contribution >= 0.6 is 0 Å². The molecule has 0 aliphatic rings. The molecular weight excluding hydrogens is 255 g/mol. The first kappa shape index (κ1) is 16.0. The Hall–Kier alpha value is -1.04. The maximum Gasteiger partial charge on any atom is 0.389 e. The van der Waals surface area contributed by atoms with Crippen molar-refractivity contribution >= 4 is 0 Å². The Morgan fingerprint density at radius 1 is 1.26 bits per heavy atom. The molecule has 0 bridgehead atoms. The van der Waals surface area contributed by atoms with Crippen molar-refractivity contribution in [1.82, 2.24) is 9.78 Å². The van der Waals surface area contributed by atoms with E-state index in [9.17, 15) is 13.2 Å². The first-order chi connectivity index (χ1) is 8.80. The first-order valence-electron chi connectivity index (χ1n) is 6.70. The second-order valence-corrected chi connectivity index (χ2v) is 4.74. The highest BCUT2D eigenvalue weighted by molar-refractivity contribution is 5.29. The summed E-state index contributed by atoms with van der Waals surface area (Å²) in [6.07, 6.45) is -3.34. The molecule has 0 amide bonds. The Bertz CT molecular complexity index is 408. The average molecular weight is 277 g/mol.